The number of carbonyl (C=O) groups is 2. The molecule has 0 aromatic carbocycles. The first-order chi connectivity index (χ1) is 9.62. The van der Waals surface area contributed by atoms with Crippen LogP contribution in [0.15, 0.2) is 24.5 Å². The molecule has 5 nitrogen and oxygen atoms in total. The Balaban J connectivity index is 1.89. The fourth-order valence-corrected chi connectivity index (χ4v) is 2.71. The molecule has 1 heterocycles. The van der Waals surface area contributed by atoms with Gasteiger partial charge in [-0.3, -0.25) is 14.6 Å². The van der Waals surface area contributed by atoms with Gasteiger partial charge < -0.3 is 10.4 Å². The van der Waals surface area contributed by atoms with E-state index in [4.69, 9.17) is 0 Å². The van der Waals surface area contributed by atoms with Crippen molar-refractivity contribution in [3.8, 4) is 0 Å². The van der Waals surface area contributed by atoms with Crippen molar-refractivity contribution in [3.05, 3.63) is 30.1 Å². The molecule has 2 rings (SSSR count). The first kappa shape index (κ1) is 14.5. The van der Waals surface area contributed by atoms with Gasteiger partial charge in [0.25, 0.3) is 0 Å². The second kappa shape index (κ2) is 6.50. The van der Waals surface area contributed by atoms with Crippen LogP contribution in [0.1, 0.15) is 37.7 Å². The summed E-state index contributed by atoms with van der Waals surface area (Å²) in [4.78, 5) is 27.3. The smallest absolute Gasteiger partial charge is 0.311 e. The molecular weight excluding hydrogens is 256 g/mol. The van der Waals surface area contributed by atoms with Crippen LogP contribution in [-0.2, 0) is 16.0 Å². The summed E-state index contributed by atoms with van der Waals surface area (Å²) >= 11 is 0. The standard InChI is InChI=1S/C15H20N2O3/c18-13(9-12-5-4-8-16-10-12)17-11-15(14(19)20)6-2-1-3-7-15/h4-5,8,10H,1-3,6-7,9,11H2,(H,17,18)(H,19,20). The van der Waals surface area contributed by atoms with E-state index in [0.29, 0.717) is 12.8 Å². The predicted molar refractivity (Wildman–Crippen MR) is 74.1 cm³/mol. The van der Waals surface area contributed by atoms with Crippen molar-refractivity contribution in [2.75, 3.05) is 6.54 Å². The Morgan fingerprint density at radius 3 is 2.65 bits per heavy atom. The molecule has 0 atom stereocenters. The number of carboxylic acid groups (broad SMARTS) is 1. The van der Waals surface area contributed by atoms with Crippen LogP contribution >= 0.6 is 0 Å². The Bertz CT molecular complexity index is 467. The van der Waals surface area contributed by atoms with Gasteiger partial charge in [-0.05, 0) is 24.5 Å². The number of carboxylic acids is 1. The van der Waals surface area contributed by atoms with E-state index in [1.165, 1.54) is 0 Å². The fraction of sp³-hybridized carbons (Fsp3) is 0.533. The maximum Gasteiger partial charge on any atom is 0.311 e. The third-order valence-electron chi connectivity index (χ3n) is 3.98. The number of nitrogens with one attached hydrogen (secondary N) is 1. The largest absolute Gasteiger partial charge is 0.481 e. The monoisotopic (exact) mass is 276 g/mol. The fourth-order valence-electron chi connectivity index (χ4n) is 2.71. The van der Waals surface area contributed by atoms with Crippen LogP contribution in [0.2, 0.25) is 0 Å². The van der Waals surface area contributed by atoms with Crippen LogP contribution in [0.5, 0.6) is 0 Å². The molecule has 0 unspecified atom stereocenters. The number of amides is 1. The minimum atomic E-state index is -0.793. The van der Waals surface area contributed by atoms with Gasteiger partial charge in [-0.25, -0.2) is 0 Å². The first-order valence-corrected chi connectivity index (χ1v) is 7.01. The molecule has 0 saturated heterocycles. The Labute approximate surface area is 118 Å². The van der Waals surface area contributed by atoms with Crippen molar-refractivity contribution >= 4 is 11.9 Å². The van der Waals surface area contributed by atoms with Crippen molar-refractivity contribution in [1.82, 2.24) is 10.3 Å². The number of nitrogens with zero attached hydrogens (tertiary/aromatic N) is 1. The van der Waals surface area contributed by atoms with Gasteiger partial charge in [-0.2, -0.15) is 0 Å². The van der Waals surface area contributed by atoms with E-state index < -0.39 is 11.4 Å². The Hall–Kier alpha value is -1.91. The lowest BCUT2D eigenvalue weighted by atomic mass is 9.74. The number of aromatic nitrogens is 1. The van der Waals surface area contributed by atoms with Gasteiger partial charge in [0, 0.05) is 18.9 Å². The van der Waals surface area contributed by atoms with Crippen LogP contribution in [0, 0.1) is 5.41 Å². The molecule has 20 heavy (non-hydrogen) atoms. The summed E-state index contributed by atoms with van der Waals surface area (Å²) in [5.41, 5.74) is 0.0565. The molecule has 0 spiro atoms. The molecular formula is C15H20N2O3. The lowest BCUT2D eigenvalue weighted by Crippen LogP contribution is -2.44. The van der Waals surface area contributed by atoms with Gasteiger partial charge in [-0.1, -0.05) is 25.3 Å². The second-order valence-electron chi connectivity index (χ2n) is 5.46. The summed E-state index contributed by atoms with van der Waals surface area (Å²) in [7, 11) is 0. The lowest BCUT2D eigenvalue weighted by Gasteiger charge is -2.33. The number of hydrogen-bond donors (Lipinski definition) is 2. The average Bonchev–Trinajstić information content (AvgIpc) is 2.47. The third kappa shape index (κ3) is 3.56. The topological polar surface area (TPSA) is 79.3 Å². The summed E-state index contributed by atoms with van der Waals surface area (Å²) in [6.07, 6.45) is 7.76. The van der Waals surface area contributed by atoms with Gasteiger partial charge >= 0.3 is 5.97 Å². The number of pyridine rings is 1. The van der Waals surface area contributed by atoms with Crippen LogP contribution in [0.25, 0.3) is 0 Å². The second-order valence-corrected chi connectivity index (χ2v) is 5.46. The molecule has 1 fully saturated rings. The molecule has 1 aliphatic carbocycles. The highest BCUT2D eigenvalue weighted by atomic mass is 16.4. The summed E-state index contributed by atoms with van der Waals surface area (Å²) in [6.45, 7) is 0.224. The van der Waals surface area contributed by atoms with Gasteiger partial charge in [0.1, 0.15) is 0 Å². The molecule has 5 heteroatoms. The van der Waals surface area contributed by atoms with E-state index >= 15 is 0 Å². The van der Waals surface area contributed by atoms with E-state index in [-0.39, 0.29) is 18.9 Å². The Kier molecular flexibility index (Phi) is 4.71. The lowest BCUT2D eigenvalue weighted by molar-refractivity contribution is -0.151. The average molecular weight is 276 g/mol. The van der Waals surface area contributed by atoms with E-state index in [0.717, 1.165) is 24.8 Å². The van der Waals surface area contributed by atoms with E-state index in [2.05, 4.69) is 10.3 Å². The van der Waals surface area contributed by atoms with E-state index in [9.17, 15) is 14.7 Å². The van der Waals surface area contributed by atoms with Crippen LogP contribution < -0.4 is 5.32 Å². The van der Waals surface area contributed by atoms with Crippen LogP contribution in [-0.4, -0.2) is 28.5 Å². The van der Waals surface area contributed by atoms with Crippen molar-refractivity contribution < 1.29 is 14.7 Å². The van der Waals surface area contributed by atoms with Crippen molar-refractivity contribution in [2.24, 2.45) is 5.41 Å². The minimum absolute atomic E-state index is 0.149. The molecule has 1 aromatic heterocycles. The van der Waals surface area contributed by atoms with Gasteiger partial charge in [0.15, 0.2) is 0 Å². The molecule has 0 bridgehead atoms. The molecule has 1 saturated carbocycles. The summed E-state index contributed by atoms with van der Waals surface area (Å²) in [5, 5.41) is 12.2. The zero-order valence-electron chi connectivity index (χ0n) is 11.5. The highest BCUT2D eigenvalue weighted by Gasteiger charge is 2.39. The summed E-state index contributed by atoms with van der Waals surface area (Å²) < 4.78 is 0. The van der Waals surface area contributed by atoms with Crippen molar-refractivity contribution in [1.29, 1.82) is 0 Å². The highest BCUT2D eigenvalue weighted by molar-refractivity contribution is 5.80. The van der Waals surface area contributed by atoms with Crippen molar-refractivity contribution in [2.45, 2.75) is 38.5 Å². The summed E-state index contributed by atoms with van der Waals surface area (Å²) in [5.74, 6) is -0.942. The number of carbonyl (C=O) groups excluding carboxylic acids is 1. The molecule has 2 N–H and O–H groups in total. The first-order valence-electron chi connectivity index (χ1n) is 7.01. The molecule has 0 aliphatic heterocycles. The zero-order chi connectivity index (χ0) is 14.4. The SMILES string of the molecule is O=C(Cc1cccnc1)NCC1(C(=O)O)CCCCC1. The normalized spacial score (nSPS) is 17.4. The molecule has 0 radical (unpaired) electrons. The maximum atomic E-state index is 11.9. The molecule has 1 aromatic rings. The van der Waals surface area contributed by atoms with Crippen LogP contribution in [0.3, 0.4) is 0 Å². The molecule has 108 valence electrons. The van der Waals surface area contributed by atoms with Gasteiger partial charge in [-0.15, -0.1) is 0 Å². The van der Waals surface area contributed by atoms with Crippen LogP contribution in [0.4, 0.5) is 0 Å². The molecule has 1 aliphatic rings. The maximum absolute atomic E-state index is 11.9. The Morgan fingerprint density at radius 2 is 2.05 bits per heavy atom. The predicted octanol–water partition coefficient (Wildman–Crippen LogP) is 1.78. The summed E-state index contributed by atoms with van der Waals surface area (Å²) in [6, 6.07) is 3.61. The minimum Gasteiger partial charge on any atom is -0.481 e. The third-order valence-corrected chi connectivity index (χ3v) is 3.98. The van der Waals surface area contributed by atoms with Gasteiger partial charge in [0.2, 0.25) is 5.91 Å². The highest BCUT2D eigenvalue weighted by Crippen LogP contribution is 2.35. The number of aliphatic carboxylic acids is 1. The number of hydrogen-bond acceptors (Lipinski definition) is 3. The molecule has 1 amide bonds. The zero-order valence-corrected chi connectivity index (χ0v) is 11.5. The quantitative estimate of drug-likeness (QED) is 0.859. The number of rotatable bonds is 5. The van der Waals surface area contributed by atoms with Gasteiger partial charge in [0.05, 0.1) is 11.8 Å². The van der Waals surface area contributed by atoms with Crippen molar-refractivity contribution in [3.63, 3.8) is 0 Å². The van der Waals surface area contributed by atoms with E-state index in [1.807, 2.05) is 6.07 Å². The Morgan fingerprint density at radius 1 is 1.30 bits per heavy atom. The van der Waals surface area contributed by atoms with E-state index in [1.54, 1.807) is 18.5 Å².